The fourth-order valence-corrected chi connectivity index (χ4v) is 2.20. The minimum Gasteiger partial charge on any atom is -0.316 e. The summed E-state index contributed by atoms with van der Waals surface area (Å²) in [4.78, 5) is 11.7. The number of aromatic nitrogens is 1. The Labute approximate surface area is 105 Å². The van der Waals surface area contributed by atoms with E-state index in [1.165, 1.54) is 0 Å². The highest BCUT2D eigenvalue weighted by molar-refractivity contribution is 6.07. The van der Waals surface area contributed by atoms with Gasteiger partial charge < -0.3 is 4.57 Å². The SMILES string of the molecule is CC(=O)c1cn(-c2ccccc2)c2c[c]ccc12. The summed E-state index contributed by atoms with van der Waals surface area (Å²) in [6.45, 7) is 1.60. The number of rotatable bonds is 2. The number of hydrogen-bond donors (Lipinski definition) is 0. The first-order chi connectivity index (χ1) is 8.77. The van der Waals surface area contributed by atoms with E-state index in [0.29, 0.717) is 0 Å². The lowest BCUT2D eigenvalue weighted by Gasteiger charge is -2.03. The topological polar surface area (TPSA) is 22.0 Å². The molecule has 0 aliphatic rings. The van der Waals surface area contributed by atoms with E-state index in [4.69, 9.17) is 0 Å². The first-order valence-corrected chi connectivity index (χ1v) is 5.85. The minimum absolute atomic E-state index is 0.0841. The molecule has 1 radical (unpaired) electrons. The molecule has 2 heteroatoms. The van der Waals surface area contributed by atoms with Gasteiger partial charge in [0.25, 0.3) is 0 Å². The Balaban J connectivity index is 2.34. The maximum absolute atomic E-state index is 11.7. The number of carbonyl (C=O) groups excluding carboxylic acids is 1. The normalized spacial score (nSPS) is 10.7. The van der Waals surface area contributed by atoms with Crippen molar-refractivity contribution in [3.8, 4) is 5.69 Å². The van der Waals surface area contributed by atoms with Crippen LogP contribution in [0.4, 0.5) is 0 Å². The predicted octanol–water partition coefficient (Wildman–Crippen LogP) is 3.63. The van der Waals surface area contributed by atoms with E-state index in [1.54, 1.807) is 6.92 Å². The fraction of sp³-hybridized carbons (Fsp3) is 0.0625. The van der Waals surface area contributed by atoms with Crippen LogP contribution in [0.15, 0.2) is 54.7 Å². The predicted molar refractivity (Wildman–Crippen MR) is 72.1 cm³/mol. The van der Waals surface area contributed by atoms with E-state index in [9.17, 15) is 4.79 Å². The fourth-order valence-electron chi connectivity index (χ4n) is 2.20. The van der Waals surface area contributed by atoms with Crippen molar-refractivity contribution in [3.63, 3.8) is 0 Å². The second-order valence-electron chi connectivity index (χ2n) is 4.25. The third kappa shape index (κ3) is 1.63. The molecular weight excluding hydrogens is 222 g/mol. The molecule has 0 aliphatic carbocycles. The molecule has 0 unspecified atom stereocenters. The molecule has 0 N–H and O–H groups in total. The highest BCUT2D eigenvalue weighted by Crippen LogP contribution is 2.24. The molecule has 0 spiro atoms. The molecule has 0 atom stereocenters. The van der Waals surface area contributed by atoms with Crippen molar-refractivity contribution in [2.45, 2.75) is 6.92 Å². The number of carbonyl (C=O) groups is 1. The second-order valence-corrected chi connectivity index (χ2v) is 4.25. The maximum Gasteiger partial charge on any atom is 0.161 e. The van der Waals surface area contributed by atoms with Crippen molar-refractivity contribution in [1.82, 2.24) is 4.57 Å². The molecule has 0 amide bonds. The van der Waals surface area contributed by atoms with Crippen LogP contribution in [0.2, 0.25) is 0 Å². The summed E-state index contributed by atoms with van der Waals surface area (Å²) in [6.07, 6.45) is 1.90. The van der Waals surface area contributed by atoms with Gasteiger partial charge in [0.05, 0.1) is 5.52 Å². The van der Waals surface area contributed by atoms with Gasteiger partial charge in [-0.25, -0.2) is 0 Å². The molecule has 0 aliphatic heterocycles. The van der Waals surface area contributed by atoms with Gasteiger partial charge in [-0.05, 0) is 31.2 Å². The highest BCUT2D eigenvalue weighted by Gasteiger charge is 2.11. The van der Waals surface area contributed by atoms with Crippen LogP contribution in [0.25, 0.3) is 16.6 Å². The molecule has 18 heavy (non-hydrogen) atoms. The van der Waals surface area contributed by atoms with Crippen LogP contribution in [0, 0.1) is 6.07 Å². The minimum atomic E-state index is 0.0841. The van der Waals surface area contributed by atoms with Gasteiger partial charge in [-0.1, -0.05) is 30.3 Å². The summed E-state index contributed by atoms with van der Waals surface area (Å²) in [5.41, 5.74) is 2.81. The smallest absolute Gasteiger partial charge is 0.161 e. The molecular formula is C16H12NO. The standard InChI is InChI=1S/C16H12NO/c1-12(18)15-11-17(13-7-3-2-4-8-13)16-10-6-5-9-14(15)16/h2-5,7-11H,1H3. The lowest BCUT2D eigenvalue weighted by atomic mass is 10.1. The summed E-state index contributed by atoms with van der Waals surface area (Å²) in [7, 11) is 0. The quantitative estimate of drug-likeness (QED) is 0.620. The van der Waals surface area contributed by atoms with Crippen LogP contribution < -0.4 is 0 Å². The van der Waals surface area contributed by atoms with Crippen molar-refractivity contribution in [1.29, 1.82) is 0 Å². The number of fused-ring (bicyclic) bond motifs is 1. The van der Waals surface area contributed by atoms with Crippen molar-refractivity contribution in [2.75, 3.05) is 0 Å². The number of Topliss-reactive ketones (excluding diaryl/α,β-unsaturated/α-hetero) is 1. The third-order valence-electron chi connectivity index (χ3n) is 3.06. The summed E-state index contributed by atoms with van der Waals surface area (Å²) in [5, 5.41) is 0.977. The number of para-hydroxylation sites is 1. The number of nitrogens with zero attached hydrogens (tertiary/aromatic N) is 1. The molecule has 1 heterocycles. The monoisotopic (exact) mass is 234 g/mol. The van der Waals surface area contributed by atoms with Crippen LogP contribution in [0.3, 0.4) is 0 Å². The first-order valence-electron chi connectivity index (χ1n) is 5.85. The van der Waals surface area contributed by atoms with Gasteiger partial charge in [-0.15, -0.1) is 0 Å². The van der Waals surface area contributed by atoms with Crippen molar-refractivity contribution < 1.29 is 4.79 Å². The average Bonchev–Trinajstić information content (AvgIpc) is 2.79. The van der Waals surface area contributed by atoms with E-state index in [2.05, 4.69) is 6.07 Å². The van der Waals surface area contributed by atoms with Gasteiger partial charge in [0, 0.05) is 22.8 Å². The molecule has 1 aromatic heterocycles. The Morgan fingerprint density at radius 2 is 1.94 bits per heavy atom. The van der Waals surface area contributed by atoms with E-state index >= 15 is 0 Å². The van der Waals surface area contributed by atoms with Gasteiger partial charge in [-0.2, -0.15) is 0 Å². The second kappa shape index (κ2) is 4.15. The highest BCUT2D eigenvalue weighted by atomic mass is 16.1. The van der Waals surface area contributed by atoms with E-state index < -0.39 is 0 Å². The first kappa shape index (κ1) is 10.8. The van der Waals surface area contributed by atoms with Crippen molar-refractivity contribution >= 4 is 16.7 Å². The average molecular weight is 234 g/mol. The zero-order valence-corrected chi connectivity index (χ0v) is 10.1. The van der Waals surface area contributed by atoms with Crippen LogP contribution in [-0.2, 0) is 0 Å². The number of benzene rings is 2. The number of hydrogen-bond acceptors (Lipinski definition) is 1. The Morgan fingerprint density at radius 3 is 2.67 bits per heavy atom. The zero-order valence-electron chi connectivity index (χ0n) is 10.1. The number of ketones is 1. The molecule has 2 nitrogen and oxygen atoms in total. The van der Waals surface area contributed by atoms with Crippen molar-refractivity contribution in [2.24, 2.45) is 0 Å². The van der Waals surface area contributed by atoms with Gasteiger partial charge in [-0.3, -0.25) is 4.79 Å². The molecule has 0 saturated carbocycles. The summed E-state index contributed by atoms with van der Waals surface area (Å²) >= 11 is 0. The summed E-state index contributed by atoms with van der Waals surface area (Å²) in [6, 6.07) is 18.8. The molecule has 87 valence electrons. The lowest BCUT2D eigenvalue weighted by molar-refractivity contribution is 0.101. The summed E-state index contributed by atoms with van der Waals surface area (Å²) in [5.74, 6) is 0.0841. The summed E-state index contributed by atoms with van der Waals surface area (Å²) < 4.78 is 2.03. The maximum atomic E-state index is 11.7. The van der Waals surface area contributed by atoms with E-state index in [0.717, 1.165) is 22.2 Å². The van der Waals surface area contributed by atoms with Crippen LogP contribution in [0.1, 0.15) is 17.3 Å². The molecule has 0 bridgehead atoms. The van der Waals surface area contributed by atoms with E-state index in [1.807, 2.05) is 59.3 Å². The molecule has 3 rings (SSSR count). The van der Waals surface area contributed by atoms with Crippen LogP contribution >= 0.6 is 0 Å². The Kier molecular flexibility index (Phi) is 2.49. The van der Waals surface area contributed by atoms with Gasteiger partial charge in [0.1, 0.15) is 0 Å². The Hall–Kier alpha value is -2.35. The van der Waals surface area contributed by atoms with Crippen LogP contribution in [0.5, 0.6) is 0 Å². The van der Waals surface area contributed by atoms with Gasteiger partial charge in [0.2, 0.25) is 0 Å². The largest absolute Gasteiger partial charge is 0.316 e. The Morgan fingerprint density at radius 1 is 1.17 bits per heavy atom. The molecule has 0 fully saturated rings. The third-order valence-corrected chi connectivity index (χ3v) is 3.06. The lowest BCUT2D eigenvalue weighted by Crippen LogP contribution is -1.92. The van der Waals surface area contributed by atoms with Crippen LogP contribution in [-0.4, -0.2) is 10.4 Å². The van der Waals surface area contributed by atoms with Crippen molar-refractivity contribution in [3.05, 3.63) is 66.4 Å². The Bertz CT molecular complexity index is 710. The van der Waals surface area contributed by atoms with Gasteiger partial charge in [0.15, 0.2) is 5.78 Å². The molecule has 2 aromatic carbocycles. The zero-order chi connectivity index (χ0) is 12.5. The molecule has 3 aromatic rings. The molecule has 0 saturated heterocycles. The van der Waals surface area contributed by atoms with Gasteiger partial charge >= 0.3 is 0 Å². The van der Waals surface area contributed by atoms with E-state index in [-0.39, 0.29) is 5.78 Å².